The molecule has 0 unspecified atom stereocenters. The van der Waals surface area contributed by atoms with Gasteiger partial charge in [-0.15, -0.1) is 0 Å². The summed E-state index contributed by atoms with van der Waals surface area (Å²) in [5.74, 6) is 1.15. The Morgan fingerprint density at radius 3 is 1.14 bits per heavy atom. The predicted octanol–water partition coefficient (Wildman–Crippen LogP) is 17.5. The van der Waals surface area contributed by atoms with Crippen LogP contribution in [0.3, 0.4) is 0 Å². The van der Waals surface area contributed by atoms with Gasteiger partial charge in [-0.2, -0.15) is 0 Å². The van der Waals surface area contributed by atoms with Crippen LogP contribution in [0.25, 0.3) is 12.2 Å². The minimum Gasteiger partial charge on any atom is -0.507 e. The van der Waals surface area contributed by atoms with Gasteiger partial charge < -0.3 is 9.84 Å². The predicted molar refractivity (Wildman–Crippen MR) is 230 cm³/mol. The Morgan fingerprint density at radius 2 is 0.784 bits per heavy atom. The molecular formula is C49H88O2. The third-order valence-corrected chi connectivity index (χ3v) is 10.9. The van der Waals surface area contributed by atoms with Gasteiger partial charge in [0.1, 0.15) is 11.5 Å². The standard InChI is InChI=1S/C49H88O2/c1-4-7-9-11-13-15-17-19-21-23-25-26-28-30-32-34-36-38-40-42-47-45-49(46(6-3)44-48(47)50)51-43-41-39-37-35-33-31-29-27-24-22-20-18-16-14-12-10-8-5-2/h6,40,42,44-45,50H,3-5,7-39,41,43H2,1-2H3/b42-40+. The van der Waals surface area contributed by atoms with Crippen LogP contribution in [0.4, 0.5) is 0 Å². The lowest BCUT2D eigenvalue weighted by Gasteiger charge is -2.12. The molecule has 0 aliphatic rings. The Labute approximate surface area is 320 Å². The summed E-state index contributed by atoms with van der Waals surface area (Å²) in [5.41, 5.74) is 1.72. The fourth-order valence-electron chi connectivity index (χ4n) is 7.40. The normalized spacial score (nSPS) is 11.6. The molecule has 0 amide bonds. The van der Waals surface area contributed by atoms with Crippen LogP contribution in [0.15, 0.2) is 24.8 Å². The van der Waals surface area contributed by atoms with Crippen molar-refractivity contribution >= 4 is 12.2 Å². The first-order valence-electron chi connectivity index (χ1n) is 23.0. The third kappa shape index (κ3) is 30.5. The number of allylic oxidation sites excluding steroid dienone is 1. The van der Waals surface area contributed by atoms with E-state index in [1.807, 2.05) is 6.07 Å². The highest BCUT2D eigenvalue weighted by atomic mass is 16.5. The van der Waals surface area contributed by atoms with E-state index in [2.05, 4.69) is 32.6 Å². The van der Waals surface area contributed by atoms with E-state index < -0.39 is 0 Å². The molecule has 1 aromatic rings. The molecule has 0 bridgehead atoms. The van der Waals surface area contributed by atoms with Gasteiger partial charge in [-0.05, 0) is 31.4 Å². The van der Waals surface area contributed by atoms with Crippen molar-refractivity contribution in [2.75, 3.05) is 6.61 Å². The first-order chi connectivity index (χ1) is 25.2. The fraction of sp³-hybridized carbons (Fsp3) is 0.796. The number of phenols is 1. The number of hydrogen-bond acceptors (Lipinski definition) is 2. The van der Waals surface area contributed by atoms with Gasteiger partial charge in [-0.1, -0.05) is 251 Å². The first-order valence-corrected chi connectivity index (χ1v) is 23.0. The largest absolute Gasteiger partial charge is 0.507 e. The van der Waals surface area contributed by atoms with Crippen molar-refractivity contribution in [3.8, 4) is 11.5 Å². The highest BCUT2D eigenvalue weighted by molar-refractivity contribution is 5.67. The number of hydrogen-bond donors (Lipinski definition) is 1. The highest BCUT2D eigenvalue weighted by Gasteiger charge is 2.07. The summed E-state index contributed by atoms with van der Waals surface area (Å²) in [4.78, 5) is 0. The summed E-state index contributed by atoms with van der Waals surface area (Å²) >= 11 is 0. The molecule has 2 nitrogen and oxygen atoms in total. The molecule has 0 aliphatic carbocycles. The molecule has 0 spiro atoms. The molecule has 0 aliphatic heterocycles. The van der Waals surface area contributed by atoms with E-state index in [0.29, 0.717) is 5.75 Å². The molecule has 0 radical (unpaired) electrons. The van der Waals surface area contributed by atoms with Crippen LogP contribution >= 0.6 is 0 Å². The van der Waals surface area contributed by atoms with Gasteiger partial charge in [-0.3, -0.25) is 0 Å². The maximum Gasteiger partial charge on any atom is 0.127 e. The lowest BCUT2D eigenvalue weighted by Crippen LogP contribution is -1.99. The summed E-state index contributed by atoms with van der Waals surface area (Å²) < 4.78 is 6.18. The quantitative estimate of drug-likeness (QED) is 0.0688. The van der Waals surface area contributed by atoms with E-state index >= 15 is 0 Å². The average molecular weight is 709 g/mol. The second-order valence-corrected chi connectivity index (χ2v) is 15.9. The summed E-state index contributed by atoms with van der Waals surface area (Å²) in [7, 11) is 0. The van der Waals surface area contributed by atoms with Crippen LogP contribution in [0.2, 0.25) is 0 Å². The molecule has 0 saturated carbocycles. The van der Waals surface area contributed by atoms with Crippen LogP contribution in [0.5, 0.6) is 11.5 Å². The number of ether oxygens (including phenoxy) is 1. The second kappa shape index (κ2) is 38.0. The zero-order chi connectivity index (χ0) is 36.7. The average Bonchev–Trinajstić information content (AvgIpc) is 3.14. The van der Waals surface area contributed by atoms with E-state index in [9.17, 15) is 5.11 Å². The Bertz CT molecular complexity index is 902. The van der Waals surface area contributed by atoms with Gasteiger partial charge in [0.05, 0.1) is 6.61 Å². The van der Waals surface area contributed by atoms with Crippen molar-refractivity contribution < 1.29 is 9.84 Å². The number of phenolic OH excluding ortho intramolecular Hbond substituents is 1. The second-order valence-electron chi connectivity index (χ2n) is 15.9. The molecule has 1 aromatic carbocycles. The van der Waals surface area contributed by atoms with Crippen LogP contribution in [0, 0.1) is 0 Å². The summed E-state index contributed by atoms with van der Waals surface area (Å²) in [5, 5.41) is 10.6. The van der Waals surface area contributed by atoms with Crippen LogP contribution in [-0.4, -0.2) is 11.7 Å². The molecule has 296 valence electrons. The van der Waals surface area contributed by atoms with E-state index in [1.165, 1.54) is 218 Å². The Hall–Kier alpha value is -1.70. The number of unbranched alkanes of at least 4 members (excludes halogenated alkanes) is 34. The van der Waals surface area contributed by atoms with Gasteiger partial charge in [-0.25, -0.2) is 0 Å². The Morgan fingerprint density at radius 1 is 0.451 bits per heavy atom. The van der Waals surface area contributed by atoms with Crippen LogP contribution in [-0.2, 0) is 0 Å². The van der Waals surface area contributed by atoms with Gasteiger partial charge in [0.15, 0.2) is 0 Å². The maximum atomic E-state index is 10.6. The van der Waals surface area contributed by atoms with Gasteiger partial charge >= 0.3 is 0 Å². The molecule has 0 saturated heterocycles. The number of aromatic hydroxyl groups is 1. The third-order valence-electron chi connectivity index (χ3n) is 10.9. The van der Waals surface area contributed by atoms with E-state index in [-0.39, 0.29) is 0 Å². The SMILES string of the molecule is C=Cc1cc(O)c(/C=C/CCCCCCCCCCCCCCCCCCC)cc1OCCCCCCCCCCCCCCCCCCCC. The Kier molecular flexibility index (Phi) is 35.3. The molecular weight excluding hydrogens is 621 g/mol. The van der Waals surface area contributed by atoms with Crippen LogP contribution in [0.1, 0.15) is 256 Å². The topological polar surface area (TPSA) is 29.5 Å². The Balaban J connectivity index is 2.01. The van der Waals surface area contributed by atoms with Crippen molar-refractivity contribution in [1.82, 2.24) is 0 Å². The zero-order valence-corrected chi connectivity index (χ0v) is 34.6. The van der Waals surface area contributed by atoms with E-state index in [0.717, 1.165) is 36.3 Å². The van der Waals surface area contributed by atoms with Crippen molar-refractivity contribution in [2.45, 2.75) is 245 Å². The van der Waals surface area contributed by atoms with E-state index in [4.69, 9.17) is 4.74 Å². The van der Waals surface area contributed by atoms with Gasteiger partial charge in [0, 0.05) is 11.1 Å². The van der Waals surface area contributed by atoms with Crippen molar-refractivity contribution in [2.24, 2.45) is 0 Å². The monoisotopic (exact) mass is 709 g/mol. The zero-order valence-electron chi connectivity index (χ0n) is 34.6. The molecule has 0 heterocycles. The lowest BCUT2D eigenvalue weighted by atomic mass is 10.0. The fourth-order valence-corrected chi connectivity index (χ4v) is 7.40. The van der Waals surface area contributed by atoms with Crippen molar-refractivity contribution in [3.63, 3.8) is 0 Å². The minimum atomic E-state index is 0.309. The van der Waals surface area contributed by atoms with Gasteiger partial charge in [0.2, 0.25) is 0 Å². The first kappa shape index (κ1) is 47.3. The van der Waals surface area contributed by atoms with Crippen molar-refractivity contribution in [3.05, 3.63) is 35.9 Å². The summed E-state index contributed by atoms with van der Waals surface area (Å²) in [6.45, 7) is 9.26. The molecule has 0 fully saturated rings. The molecule has 2 heteroatoms. The minimum absolute atomic E-state index is 0.309. The number of benzene rings is 1. The van der Waals surface area contributed by atoms with Crippen LogP contribution < -0.4 is 4.74 Å². The molecule has 0 atom stereocenters. The van der Waals surface area contributed by atoms with Crippen molar-refractivity contribution in [1.29, 1.82) is 0 Å². The maximum absolute atomic E-state index is 10.6. The molecule has 0 aromatic heterocycles. The lowest BCUT2D eigenvalue weighted by molar-refractivity contribution is 0.303. The molecule has 1 N–H and O–H groups in total. The number of rotatable bonds is 40. The smallest absolute Gasteiger partial charge is 0.127 e. The van der Waals surface area contributed by atoms with E-state index in [1.54, 1.807) is 12.1 Å². The summed E-state index contributed by atoms with van der Waals surface area (Å²) in [6, 6.07) is 3.79. The molecule has 1 rings (SSSR count). The summed E-state index contributed by atoms with van der Waals surface area (Å²) in [6.07, 6.45) is 56.0. The highest BCUT2D eigenvalue weighted by Crippen LogP contribution is 2.30. The van der Waals surface area contributed by atoms with Gasteiger partial charge in [0.25, 0.3) is 0 Å². The molecule has 51 heavy (non-hydrogen) atoms.